The third-order valence-electron chi connectivity index (χ3n) is 3.80. The van der Waals surface area contributed by atoms with Crippen LogP contribution in [0.25, 0.3) is 0 Å². The summed E-state index contributed by atoms with van der Waals surface area (Å²) in [5, 5.41) is 2.99. The molecule has 0 spiro atoms. The van der Waals surface area contributed by atoms with Gasteiger partial charge < -0.3 is 5.32 Å². The minimum Gasteiger partial charge on any atom is -0.326 e. The number of rotatable bonds is 5. The average molecular weight is 295 g/mol. The lowest BCUT2D eigenvalue weighted by atomic mass is 9.96. The van der Waals surface area contributed by atoms with Gasteiger partial charge in [0.2, 0.25) is 5.91 Å². The maximum absolute atomic E-state index is 12.4. The van der Waals surface area contributed by atoms with Crippen molar-refractivity contribution in [3.05, 3.63) is 65.2 Å². The van der Waals surface area contributed by atoms with Crippen LogP contribution in [0.15, 0.2) is 48.5 Å². The van der Waals surface area contributed by atoms with Crippen molar-refractivity contribution in [1.82, 2.24) is 0 Å². The van der Waals surface area contributed by atoms with Crippen molar-refractivity contribution >= 4 is 11.6 Å². The van der Waals surface area contributed by atoms with Gasteiger partial charge in [-0.25, -0.2) is 0 Å². The molecule has 0 aliphatic carbocycles. The molecule has 0 saturated carbocycles. The number of anilines is 1. The Morgan fingerprint density at radius 1 is 1.05 bits per heavy atom. The number of aryl methyl sites for hydroxylation is 1. The second-order valence-corrected chi connectivity index (χ2v) is 6.42. The van der Waals surface area contributed by atoms with E-state index in [1.54, 1.807) is 0 Å². The largest absolute Gasteiger partial charge is 0.326 e. The van der Waals surface area contributed by atoms with E-state index in [4.69, 9.17) is 0 Å². The summed E-state index contributed by atoms with van der Waals surface area (Å²) in [6.45, 7) is 8.40. The van der Waals surface area contributed by atoms with Gasteiger partial charge in [0.15, 0.2) is 0 Å². The van der Waals surface area contributed by atoms with Crippen molar-refractivity contribution in [3.63, 3.8) is 0 Å². The van der Waals surface area contributed by atoms with Crippen LogP contribution < -0.4 is 5.32 Å². The number of nitrogens with one attached hydrogen (secondary N) is 1. The quantitative estimate of drug-likeness (QED) is 0.832. The Labute approximate surface area is 133 Å². The number of hydrogen-bond donors (Lipinski definition) is 1. The lowest BCUT2D eigenvalue weighted by molar-refractivity contribution is -0.117. The van der Waals surface area contributed by atoms with E-state index >= 15 is 0 Å². The van der Waals surface area contributed by atoms with Gasteiger partial charge in [0.25, 0.3) is 0 Å². The normalized spacial score (nSPS) is 12.2. The summed E-state index contributed by atoms with van der Waals surface area (Å²) in [5.41, 5.74) is 4.37. The van der Waals surface area contributed by atoms with E-state index in [0.29, 0.717) is 5.92 Å². The smallest absolute Gasteiger partial charge is 0.231 e. The van der Waals surface area contributed by atoms with Crippen LogP contribution in [0.2, 0.25) is 0 Å². The first-order valence-corrected chi connectivity index (χ1v) is 7.92. The third kappa shape index (κ3) is 4.45. The Hall–Kier alpha value is -2.09. The fraction of sp³-hybridized carbons (Fsp3) is 0.350. The molecule has 0 bridgehead atoms. The van der Waals surface area contributed by atoms with Gasteiger partial charge >= 0.3 is 0 Å². The molecule has 0 unspecified atom stereocenters. The number of amides is 1. The zero-order chi connectivity index (χ0) is 16.1. The van der Waals surface area contributed by atoms with E-state index in [2.05, 4.69) is 43.4 Å². The molecule has 2 heteroatoms. The summed E-state index contributed by atoms with van der Waals surface area (Å²) < 4.78 is 0. The molecule has 0 fully saturated rings. The number of benzene rings is 2. The minimum absolute atomic E-state index is 0.0298. The molecule has 22 heavy (non-hydrogen) atoms. The van der Waals surface area contributed by atoms with Crippen molar-refractivity contribution < 1.29 is 4.79 Å². The Bertz CT molecular complexity index is 628. The maximum atomic E-state index is 12.4. The van der Waals surface area contributed by atoms with Crippen LogP contribution in [0, 0.1) is 12.8 Å². The molecule has 2 nitrogen and oxygen atoms in total. The molecule has 2 aromatic rings. The highest BCUT2D eigenvalue weighted by molar-refractivity contribution is 5.95. The lowest BCUT2D eigenvalue weighted by Crippen LogP contribution is -2.18. The van der Waals surface area contributed by atoms with E-state index in [0.717, 1.165) is 23.2 Å². The van der Waals surface area contributed by atoms with Crippen LogP contribution in [0.1, 0.15) is 43.4 Å². The fourth-order valence-electron chi connectivity index (χ4n) is 2.54. The highest BCUT2D eigenvalue weighted by Gasteiger charge is 2.15. The molecule has 0 heterocycles. The van der Waals surface area contributed by atoms with Crippen molar-refractivity contribution in [2.24, 2.45) is 5.92 Å². The standard InChI is InChI=1S/C20H25NO/c1-14(2)12-17-8-10-18(11-9-17)16(4)20(22)21-19-7-5-6-15(3)13-19/h5-11,13-14,16H,12H2,1-4H3,(H,21,22)/t16-/m1/s1. The number of carbonyl (C=O) groups excluding carboxylic acids is 1. The highest BCUT2D eigenvalue weighted by Crippen LogP contribution is 2.20. The Balaban J connectivity index is 2.03. The first kappa shape index (κ1) is 16.3. The average Bonchev–Trinajstić information content (AvgIpc) is 2.46. The van der Waals surface area contributed by atoms with Crippen LogP contribution in [0.5, 0.6) is 0 Å². The molecule has 2 rings (SSSR count). The Morgan fingerprint density at radius 3 is 2.32 bits per heavy atom. The van der Waals surface area contributed by atoms with E-state index in [1.807, 2.05) is 38.1 Å². The van der Waals surface area contributed by atoms with Crippen molar-refractivity contribution in [2.75, 3.05) is 5.32 Å². The zero-order valence-electron chi connectivity index (χ0n) is 13.9. The number of hydrogen-bond acceptors (Lipinski definition) is 1. The van der Waals surface area contributed by atoms with Gasteiger partial charge in [-0.15, -0.1) is 0 Å². The molecule has 116 valence electrons. The van der Waals surface area contributed by atoms with Gasteiger partial charge in [-0.2, -0.15) is 0 Å². The second-order valence-electron chi connectivity index (χ2n) is 6.42. The van der Waals surface area contributed by atoms with E-state index in [9.17, 15) is 4.79 Å². The molecule has 1 amide bonds. The van der Waals surface area contributed by atoms with Crippen LogP contribution in [0.4, 0.5) is 5.69 Å². The predicted molar refractivity (Wildman–Crippen MR) is 93.2 cm³/mol. The van der Waals surface area contributed by atoms with Gasteiger partial charge in [-0.1, -0.05) is 50.2 Å². The molecule has 0 saturated heterocycles. The second kappa shape index (κ2) is 7.26. The van der Waals surface area contributed by atoms with Crippen molar-refractivity contribution in [2.45, 2.75) is 40.0 Å². The molecule has 0 aliphatic heterocycles. The van der Waals surface area contributed by atoms with Gasteiger partial charge in [0.05, 0.1) is 5.92 Å². The maximum Gasteiger partial charge on any atom is 0.231 e. The molecule has 0 aromatic heterocycles. The van der Waals surface area contributed by atoms with Crippen molar-refractivity contribution in [1.29, 1.82) is 0 Å². The predicted octanol–water partition coefficient (Wildman–Crippen LogP) is 4.94. The van der Waals surface area contributed by atoms with Crippen LogP contribution in [-0.4, -0.2) is 5.91 Å². The van der Waals surface area contributed by atoms with E-state index < -0.39 is 0 Å². The SMILES string of the molecule is Cc1cccc(NC(=O)[C@H](C)c2ccc(CC(C)C)cc2)c1. The third-order valence-corrected chi connectivity index (χ3v) is 3.80. The van der Waals surface area contributed by atoms with Gasteiger partial charge in [0, 0.05) is 5.69 Å². The van der Waals surface area contributed by atoms with E-state index in [1.165, 1.54) is 5.56 Å². The van der Waals surface area contributed by atoms with Gasteiger partial charge in [-0.05, 0) is 55.0 Å². The summed E-state index contributed by atoms with van der Waals surface area (Å²) in [6, 6.07) is 16.3. The highest BCUT2D eigenvalue weighted by atomic mass is 16.1. The Morgan fingerprint density at radius 2 is 1.73 bits per heavy atom. The Kier molecular flexibility index (Phi) is 5.37. The molecule has 0 aliphatic rings. The lowest BCUT2D eigenvalue weighted by Gasteiger charge is -2.14. The summed E-state index contributed by atoms with van der Waals surface area (Å²) in [7, 11) is 0. The van der Waals surface area contributed by atoms with Gasteiger partial charge in [-0.3, -0.25) is 4.79 Å². The van der Waals surface area contributed by atoms with E-state index in [-0.39, 0.29) is 11.8 Å². The molecule has 1 N–H and O–H groups in total. The number of carbonyl (C=O) groups is 1. The first-order chi connectivity index (χ1) is 10.5. The van der Waals surface area contributed by atoms with Crippen LogP contribution in [0.3, 0.4) is 0 Å². The molecule has 1 atom stereocenters. The molecule has 0 radical (unpaired) electrons. The fourth-order valence-corrected chi connectivity index (χ4v) is 2.54. The first-order valence-electron chi connectivity index (χ1n) is 7.92. The molecular formula is C20H25NO. The summed E-state index contributed by atoms with van der Waals surface area (Å²) in [5.74, 6) is 0.517. The summed E-state index contributed by atoms with van der Waals surface area (Å²) in [6.07, 6.45) is 1.07. The topological polar surface area (TPSA) is 29.1 Å². The monoisotopic (exact) mass is 295 g/mol. The van der Waals surface area contributed by atoms with Crippen molar-refractivity contribution in [3.8, 4) is 0 Å². The van der Waals surface area contributed by atoms with Crippen LogP contribution in [-0.2, 0) is 11.2 Å². The van der Waals surface area contributed by atoms with Crippen LogP contribution >= 0.6 is 0 Å². The summed E-state index contributed by atoms with van der Waals surface area (Å²) >= 11 is 0. The molecule has 2 aromatic carbocycles. The van der Waals surface area contributed by atoms with Gasteiger partial charge in [0.1, 0.15) is 0 Å². The zero-order valence-corrected chi connectivity index (χ0v) is 13.9. The summed E-state index contributed by atoms with van der Waals surface area (Å²) in [4.78, 5) is 12.4. The molecular weight excluding hydrogens is 270 g/mol. The minimum atomic E-state index is -0.159.